The molecule has 0 fully saturated rings. The van der Waals surface area contributed by atoms with Crippen LogP contribution in [0.5, 0.6) is 0 Å². The van der Waals surface area contributed by atoms with E-state index in [1.54, 1.807) is 36.8 Å². The Kier molecular flexibility index (Phi) is 3.69. The summed E-state index contributed by atoms with van der Waals surface area (Å²) in [5, 5.41) is 2.59. The summed E-state index contributed by atoms with van der Waals surface area (Å²) in [6, 6.07) is 16.1. The highest BCUT2D eigenvalue weighted by Gasteiger charge is 2.20. The van der Waals surface area contributed by atoms with Gasteiger partial charge in [-0.05, 0) is 41.4 Å². The molecular formula is C22H15FN5+. The van der Waals surface area contributed by atoms with Crippen molar-refractivity contribution in [2.75, 3.05) is 5.73 Å². The Labute approximate surface area is 159 Å². The van der Waals surface area contributed by atoms with Gasteiger partial charge in [0.1, 0.15) is 11.6 Å². The van der Waals surface area contributed by atoms with Crippen LogP contribution < -0.4 is 10.7 Å². The first kappa shape index (κ1) is 16.3. The third-order valence-corrected chi connectivity index (χ3v) is 4.76. The Morgan fingerprint density at radius 2 is 1.64 bits per heavy atom. The number of aromatic nitrogens is 4. The van der Waals surface area contributed by atoms with Gasteiger partial charge in [-0.3, -0.25) is 4.98 Å². The zero-order valence-electron chi connectivity index (χ0n) is 14.7. The highest BCUT2D eigenvalue weighted by Crippen LogP contribution is 2.34. The smallest absolute Gasteiger partial charge is 0.329 e. The fraction of sp³-hybridized carbons (Fsp3) is 0. The minimum atomic E-state index is -0.324. The highest BCUT2D eigenvalue weighted by molar-refractivity contribution is 6.05. The molecule has 0 saturated heterocycles. The van der Waals surface area contributed by atoms with E-state index in [9.17, 15) is 4.39 Å². The molecule has 4 heterocycles. The number of halogens is 1. The lowest BCUT2D eigenvalue weighted by molar-refractivity contribution is -0.347. The number of nitrogens with one attached hydrogen (secondary N) is 1. The molecule has 6 heteroatoms. The lowest BCUT2D eigenvalue weighted by Crippen LogP contribution is -2.06. The van der Waals surface area contributed by atoms with Crippen molar-refractivity contribution < 1.29 is 9.37 Å². The molecule has 1 aromatic carbocycles. The average molecular weight is 368 g/mol. The number of pyridine rings is 4. The van der Waals surface area contributed by atoms with Crippen LogP contribution in [0.15, 0.2) is 73.2 Å². The fourth-order valence-electron chi connectivity index (χ4n) is 3.45. The van der Waals surface area contributed by atoms with Crippen LogP contribution in [0.3, 0.4) is 0 Å². The van der Waals surface area contributed by atoms with E-state index < -0.39 is 0 Å². The Bertz CT molecular complexity index is 1350. The van der Waals surface area contributed by atoms with Crippen molar-refractivity contribution in [3.8, 4) is 22.5 Å². The Morgan fingerprint density at radius 1 is 0.821 bits per heavy atom. The highest BCUT2D eigenvalue weighted by atomic mass is 19.1. The van der Waals surface area contributed by atoms with E-state index in [2.05, 4.69) is 19.9 Å². The molecule has 0 spiro atoms. The van der Waals surface area contributed by atoms with E-state index >= 15 is 0 Å². The van der Waals surface area contributed by atoms with Crippen LogP contribution in [-0.2, 0) is 0 Å². The van der Waals surface area contributed by atoms with Gasteiger partial charge in [-0.25, -0.2) is 14.4 Å². The molecule has 0 amide bonds. The maximum absolute atomic E-state index is 14.4. The predicted molar refractivity (Wildman–Crippen MR) is 107 cm³/mol. The minimum Gasteiger partial charge on any atom is -0.383 e. The van der Waals surface area contributed by atoms with Crippen molar-refractivity contribution in [3.05, 3.63) is 79.0 Å². The number of hydrogen-bond acceptors (Lipinski definition) is 4. The molecular weight excluding hydrogens is 353 g/mol. The summed E-state index contributed by atoms with van der Waals surface area (Å²) in [7, 11) is 0. The molecule has 0 atom stereocenters. The number of rotatable bonds is 2. The number of H-pyrrole nitrogens is 1. The van der Waals surface area contributed by atoms with Crippen molar-refractivity contribution in [1.82, 2.24) is 15.0 Å². The van der Waals surface area contributed by atoms with Gasteiger partial charge >= 0.3 is 5.65 Å². The van der Waals surface area contributed by atoms with Gasteiger partial charge in [-0.1, -0.05) is 12.1 Å². The quantitative estimate of drug-likeness (QED) is 0.510. The topological polar surface area (TPSA) is 78.8 Å². The standard InChI is InChI=1S/C22H14FN5/c23-18-6-2-1-4-16(18)19-12-17(15-5-3-9-27-22(15)28-19)20-13-7-11-26-21(24)14(13)8-10-25-20/h1-12H,(H2,24,26)/p+1. The van der Waals surface area contributed by atoms with Gasteiger partial charge in [-0.15, -0.1) is 0 Å². The summed E-state index contributed by atoms with van der Waals surface area (Å²) < 4.78 is 14.4. The lowest BCUT2D eigenvalue weighted by atomic mass is 9.99. The Balaban J connectivity index is 1.88. The molecule has 0 saturated carbocycles. The molecule has 0 radical (unpaired) electrons. The Hall–Kier alpha value is -3.93. The molecule has 134 valence electrons. The first-order chi connectivity index (χ1) is 13.7. The lowest BCUT2D eigenvalue weighted by Gasteiger charge is -2.09. The van der Waals surface area contributed by atoms with Gasteiger partial charge in [0, 0.05) is 34.8 Å². The third-order valence-electron chi connectivity index (χ3n) is 4.76. The van der Waals surface area contributed by atoms with Gasteiger partial charge in [0.25, 0.3) is 0 Å². The Morgan fingerprint density at radius 3 is 2.54 bits per heavy atom. The van der Waals surface area contributed by atoms with Crippen LogP contribution in [0.2, 0.25) is 0 Å². The van der Waals surface area contributed by atoms with Crippen molar-refractivity contribution in [2.45, 2.75) is 0 Å². The average Bonchev–Trinajstić information content (AvgIpc) is 2.73. The first-order valence-corrected chi connectivity index (χ1v) is 8.78. The number of nitrogens with zero attached hydrogens (tertiary/aromatic N) is 3. The molecule has 5 aromatic rings. The fourth-order valence-corrected chi connectivity index (χ4v) is 3.45. The summed E-state index contributed by atoms with van der Waals surface area (Å²) in [6.07, 6.45) is 5.16. The second-order valence-corrected chi connectivity index (χ2v) is 6.42. The number of anilines is 1. The molecule has 0 aliphatic rings. The SMILES string of the molecule is Nc1nccc2c(-c3cc(-c4ccccc4F)nc4[nH+]cccc34)nccc12. The summed E-state index contributed by atoms with van der Waals surface area (Å²) in [5.41, 5.74) is 9.26. The van der Waals surface area contributed by atoms with Crippen LogP contribution in [0.25, 0.3) is 44.3 Å². The van der Waals surface area contributed by atoms with Gasteiger partial charge < -0.3 is 5.73 Å². The number of nitrogens with two attached hydrogens (primary N) is 1. The monoisotopic (exact) mass is 368 g/mol. The van der Waals surface area contributed by atoms with Crippen LogP contribution >= 0.6 is 0 Å². The summed E-state index contributed by atoms with van der Waals surface area (Å²) in [5.74, 6) is 0.121. The number of nitrogen functional groups attached to an aromatic ring is 1. The number of fused-ring (bicyclic) bond motifs is 2. The molecule has 0 bridgehead atoms. The number of aromatic amines is 1. The molecule has 0 aliphatic heterocycles. The molecule has 0 aliphatic carbocycles. The van der Waals surface area contributed by atoms with E-state index in [0.717, 1.165) is 27.4 Å². The van der Waals surface area contributed by atoms with Crippen molar-refractivity contribution in [2.24, 2.45) is 0 Å². The van der Waals surface area contributed by atoms with E-state index in [1.165, 1.54) is 6.07 Å². The normalized spacial score (nSPS) is 11.2. The maximum Gasteiger partial charge on any atom is 0.329 e. The summed E-state index contributed by atoms with van der Waals surface area (Å²) in [4.78, 5) is 16.6. The molecule has 0 unspecified atom stereocenters. The number of hydrogen-bond donors (Lipinski definition) is 1. The third kappa shape index (κ3) is 2.54. The largest absolute Gasteiger partial charge is 0.383 e. The van der Waals surface area contributed by atoms with Crippen LogP contribution in [0.1, 0.15) is 0 Å². The predicted octanol–water partition coefficient (Wildman–Crippen LogP) is 4.05. The summed E-state index contributed by atoms with van der Waals surface area (Å²) in [6.45, 7) is 0. The van der Waals surface area contributed by atoms with Crippen LogP contribution in [-0.4, -0.2) is 15.0 Å². The zero-order valence-corrected chi connectivity index (χ0v) is 14.7. The van der Waals surface area contributed by atoms with Crippen LogP contribution in [0, 0.1) is 5.82 Å². The second kappa shape index (κ2) is 6.35. The molecule has 5 nitrogen and oxygen atoms in total. The molecule has 4 aromatic heterocycles. The van der Waals surface area contributed by atoms with Gasteiger partial charge in [0.15, 0.2) is 5.69 Å². The maximum atomic E-state index is 14.4. The molecule has 28 heavy (non-hydrogen) atoms. The van der Waals surface area contributed by atoms with E-state index in [-0.39, 0.29) is 5.82 Å². The van der Waals surface area contributed by atoms with Crippen molar-refractivity contribution in [3.63, 3.8) is 0 Å². The van der Waals surface area contributed by atoms with Gasteiger partial charge in [0.2, 0.25) is 0 Å². The minimum absolute atomic E-state index is 0.324. The molecule has 3 N–H and O–H groups in total. The molecule has 5 rings (SSSR count). The second-order valence-electron chi connectivity index (χ2n) is 6.42. The number of benzene rings is 1. The van der Waals surface area contributed by atoms with E-state index in [1.807, 2.05) is 30.3 Å². The van der Waals surface area contributed by atoms with Crippen LogP contribution in [0.4, 0.5) is 10.2 Å². The zero-order chi connectivity index (χ0) is 19.1. The van der Waals surface area contributed by atoms with Crippen molar-refractivity contribution >= 4 is 27.6 Å². The summed E-state index contributed by atoms with van der Waals surface area (Å²) >= 11 is 0. The van der Waals surface area contributed by atoms with Crippen molar-refractivity contribution in [1.29, 1.82) is 0 Å². The van der Waals surface area contributed by atoms with Gasteiger partial charge in [0.05, 0.1) is 22.8 Å². The van der Waals surface area contributed by atoms with E-state index in [0.29, 0.717) is 22.7 Å². The van der Waals surface area contributed by atoms with E-state index in [4.69, 9.17) is 5.73 Å². The first-order valence-electron chi connectivity index (χ1n) is 8.78. The van der Waals surface area contributed by atoms with Gasteiger partial charge in [-0.2, -0.15) is 0 Å².